The van der Waals surface area contributed by atoms with Gasteiger partial charge < -0.3 is 4.90 Å². The number of benzene rings is 1. The number of rotatable bonds is 1. The van der Waals surface area contributed by atoms with Gasteiger partial charge in [0.2, 0.25) is 0 Å². The number of hydrogen-bond acceptors (Lipinski definition) is 1. The lowest BCUT2D eigenvalue weighted by Crippen LogP contribution is -2.24. The van der Waals surface area contributed by atoms with Gasteiger partial charge >= 0.3 is 0 Å². The van der Waals surface area contributed by atoms with Gasteiger partial charge in [-0.15, -0.1) is 0 Å². The molecule has 1 fully saturated rings. The molecule has 1 heterocycles. The monoisotopic (exact) mass is 165 g/mol. The first-order chi connectivity index (χ1) is 5.88. The molecule has 0 aromatic heterocycles. The number of anilines is 1. The molecule has 12 heavy (non-hydrogen) atoms. The number of para-hydroxylation sites is 1. The van der Waals surface area contributed by atoms with Crippen LogP contribution in [0.2, 0.25) is 0 Å². The summed E-state index contributed by atoms with van der Waals surface area (Å²) in [5.74, 6) is 0. The highest BCUT2D eigenvalue weighted by Crippen LogP contribution is 2.25. The van der Waals surface area contributed by atoms with Crippen LogP contribution in [0.4, 0.5) is 10.1 Å². The molecule has 0 unspecified atom stereocenters. The van der Waals surface area contributed by atoms with Crippen LogP contribution in [0, 0.1) is 0 Å². The number of nitrogens with zero attached hydrogens (tertiary/aromatic N) is 1. The fraction of sp³-hybridized carbons (Fsp3) is 0.400. The molecule has 0 bridgehead atoms. The maximum Gasteiger partial charge on any atom is 0.172 e. The summed E-state index contributed by atoms with van der Waals surface area (Å²) in [4.78, 5) is 1.82. The molecule has 1 aromatic rings. The maximum absolute atomic E-state index is 13.2. The van der Waals surface area contributed by atoms with E-state index in [0.717, 1.165) is 18.7 Å². The van der Waals surface area contributed by atoms with Crippen molar-refractivity contribution in [2.24, 2.45) is 0 Å². The predicted octanol–water partition coefficient (Wildman–Crippen LogP) is 2.58. The van der Waals surface area contributed by atoms with Crippen LogP contribution in [0.3, 0.4) is 0 Å². The molecule has 1 aliphatic rings. The molecular weight excluding hydrogens is 153 g/mol. The standard InChI is InChI=1S/C10H12FN/c11-10-7-4-8-12(10)9-5-2-1-3-6-9/h1-3,5-6,10H,4,7-8H2/t10-/m0/s1. The lowest BCUT2D eigenvalue weighted by Gasteiger charge is -2.20. The van der Waals surface area contributed by atoms with Crippen molar-refractivity contribution in [3.05, 3.63) is 30.3 Å². The van der Waals surface area contributed by atoms with Crippen molar-refractivity contribution in [2.75, 3.05) is 11.4 Å². The third-order valence-corrected chi connectivity index (χ3v) is 2.27. The normalized spacial score (nSPS) is 23.1. The van der Waals surface area contributed by atoms with E-state index < -0.39 is 6.30 Å². The van der Waals surface area contributed by atoms with Gasteiger partial charge in [0.15, 0.2) is 6.30 Å². The quantitative estimate of drug-likeness (QED) is 0.578. The minimum atomic E-state index is -0.771. The summed E-state index contributed by atoms with van der Waals surface area (Å²) in [5.41, 5.74) is 1.00. The molecule has 0 radical (unpaired) electrons. The van der Waals surface area contributed by atoms with Crippen LogP contribution in [-0.4, -0.2) is 12.8 Å². The van der Waals surface area contributed by atoms with Crippen molar-refractivity contribution in [3.63, 3.8) is 0 Å². The molecule has 64 valence electrons. The highest BCUT2D eigenvalue weighted by molar-refractivity contribution is 5.47. The first-order valence-electron chi connectivity index (χ1n) is 4.34. The van der Waals surface area contributed by atoms with E-state index in [1.807, 2.05) is 35.2 Å². The number of alkyl halides is 1. The smallest absolute Gasteiger partial charge is 0.172 e. The molecule has 0 saturated carbocycles. The van der Waals surface area contributed by atoms with Crippen molar-refractivity contribution >= 4 is 5.69 Å². The lowest BCUT2D eigenvalue weighted by molar-refractivity contribution is 0.345. The third-order valence-electron chi connectivity index (χ3n) is 2.27. The Kier molecular flexibility index (Phi) is 1.98. The second-order valence-electron chi connectivity index (χ2n) is 3.11. The van der Waals surface area contributed by atoms with E-state index in [2.05, 4.69) is 0 Å². The van der Waals surface area contributed by atoms with Gasteiger partial charge in [-0.1, -0.05) is 18.2 Å². The van der Waals surface area contributed by atoms with Crippen LogP contribution < -0.4 is 4.90 Å². The zero-order valence-corrected chi connectivity index (χ0v) is 6.91. The van der Waals surface area contributed by atoms with E-state index in [1.165, 1.54) is 0 Å². The summed E-state index contributed by atoms with van der Waals surface area (Å²) < 4.78 is 13.2. The van der Waals surface area contributed by atoms with E-state index in [0.29, 0.717) is 6.42 Å². The second-order valence-corrected chi connectivity index (χ2v) is 3.11. The Morgan fingerprint density at radius 2 is 2.00 bits per heavy atom. The molecular formula is C10H12FN. The van der Waals surface area contributed by atoms with Gasteiger partial charge in [-0.05, 0) is 25.0 Å². The SMILES string of the molecule is F[C@@H]1CCCN1c1ccccc1. The molecule has 1 saturated heterocycles. The molecule has 0 N–H and O–H groups in total. The van der Waals surface area contributed by atoms with Crippen LogP contribution in [-0.2, 0) is 0 Å². The van der Waals surface area contributed by atoms with Gasteiger partial charge in [0.05, 0.1) is 0 Å². The summed E-state index contributed by atoms with van der Waals surface area (Å²) in [5, 5.41) is 0. The van der Waals surface area contributed by atoms with Crippen molar-refractivity contribution < 1.29 is 4.39 Å². The Hall–Kier alpha value is -1.05. The summed E-state index contributed by atoms with van der Waals surface area (Å²) in [6.07, 6.45) is 0.873. The fourth-order valence-electron chi connectivity index (χ4n) is 1.64. The van der Waals surface area contributed by atoms with Gasteiger partial charge in [0.25, 0.3) is 0 Å². The van der Waals surface area contributed by atoms with Crippen molar-refractivity contribution in [1.29, 1.82) is 0 Å². The average Bonchev–Trinajstić information content (AvgIpc) is 2.53. The van der Waals surface area contributed by atoms with Gasteiger partial charge in [-0.2, -0.15) is 0 Å². The first kappa shape index (κ1) is 7.59. The Morgan fingerprint density at radius 1 is 1.25 bits per heavy atom. The fourth-order valence-corrected chi connectivity index (χ4v) is 1.64. The summed E-state index contributed by atoms with van der Waals surface area (Å²) in [7, 11) is 0. The highest BCUT2D eigenvalue weighted by atomic mass is 19.1. The minimum absolute atomic E-state index is 0.675. The Balaban J connectivity index is 2.19. The van der Waals surface area contributed by atoms with Crippen LogP contribution in [0.1, 0.15) is 12.8 Å². The van der Waals surface area contributed by atoms with Crippen molar-refractivity contribution in [1.82, 2.24) is 0 Å². The van der Waals surface area contributed by atoms with E-state index in [1.54, 1.807) is 0 Å². The molecule has 0 spiro atoms. The number of hydrogen-bond donors (Lipinski definition) is 0. The molecule has 1 aliphatic heterocycles. The summed E-state index contributed by atoms with van der Waals surface area (Å²) in [6, 6.07) is 9.75. The van der Waals surface area contributed by atoms with E-state index in [-0.39, 0.29) is 0 Å². The zero-order chi connectivity index (χ0) is 8.39. The molecule has 1 aromatic carbocycles. The topological polar surface area (TPSA) is 3.24 Å². The molecule has 2 heteroatoms. The van der Waals surface area contributed by atoms with E-state index >= 15 is 0 Å². The third kappa shape index (κ3) is 1.29. The highest BCUT2D eigenvalue weighted by Gasteiger charge is 2.23. The van der Waals surface area contributed by atoms with E-state index in [9.17, 15) is 4.39 Å². The zero-order valence-electron chi connectivity index (χ0n) is 6.91. The van der Waals surface area contributed by atoms with Crippen LogP contribution >= 0.6 is 0 Å². The van der Waals surface area contributed by atoms with Gasteiger partial charge in [0, 0.05) is 12.2 Å². The van der Waals surface area contributed by atoms with Gasteiger partial charge in [-0.25, -0.2) is 4.39 Å². The van der Waals surface area contributed by atoms with Crippen LogP contribution in [0.15, 0.2) is 30.3 Å². The lowest BCUT2D eigenvalue weighted by atomic mass is 10.3. The minimum Gasteiger partial charge on any atom is -0.342 e. The largest absolute Gasteiger partial charge is 0.342 e. The molecule has 1 atom stereocenters. The molecule has 0 aliphatic carbocycles. The Morgan fingerprint density at radius 3 is 2.58 bits per heavy atom. The van der Waals surface area contributed by atoms with Crippen molar-refractivity contribution in [3.8, 4) is 0 Å². The average molecular weight is 165 g/mol. The summed E-state index contributed by atoms with van der Waals surface area (Å²) in [6.45, 7) is 0.852. The van der Waals surface area contributed by atoms with E-state index in [4.69, 9.17) is 0 Å². The number of halogens is 1. The maximum atomic E-state index is 13.2. The first-order valence-corrected chi connectivity index (χ1v) is 4.34. The molecule has 2 rings (SSSR count). The Bertz CT molecular complexity index is 247. The second kappa shape index (κ2) is 3.13. The summed E-state index contributed by atoms with van der Waals surface area (Å²) >= 11 is 0. The van der Waals surface area contributed by atoms with Gasteiger partial charge in [0.1, 0.15) is 0 Å². The van der Waals surface area contributed by atoms with Crippen molar-refractivity contribution in [2.45, 2.75) is 19.1 Å². The Labute approximate surface area is 71.8 Å². The van der Waals surface area contributed by atoms with Crippen LogP contribution in [0.25, 0.3) is 0 Å². The predicted molar refractivity (Wildman–Crippen MR) is 47.9 cm³/mol. The van der Waals surface area contributed by atoms with Crippen LogP contribution in [0.5, 0.6) is 0 Å². The molecule has 0 amide bonds. The molecule has 1 nitrogen and oxygen atoms in total. The van der Waals surface area contributed by atoms with Gasteiger partial charge in [-0.3, -0.25) is 0 Å².